The fourth-order valence-electron chi connectivity index (χ4n) is 2.92. The molecule has 1 aliphatic rings. The number of likely N-dealkylation sites (N-methyl/N-ethyl adjacent to an activating group) is 1. The smallest absolute Gasteiger partial charge is 0.247 e. The van der Waals surface area contributed by atoms with Crippen LogP contribution in [-0.2, 0) is 16.0 Å². The van der Waals surface area contributed by atoms with Crippen LogP contribution in [0.15, 0.2) is 30.3 Å². The Labute approximate surface area is 126 Å². The molecule has 1 aromatic rings. The lowest BCUT2D eigenvalue weighted by Crippen LogP contribution is -2.64. The predicted molar refractivity (Wildman–Crippen MR) is 82.7 cm³/mol. The van der Waals surface area contributed by atoms with Crippen LogP contribution < -0.4 is 0 Å². The topological polar surface area (TPSA) is 40.6 Å². The molecule has 0 aromatic heterocycles. The van der Waals surface area contributed by atoms with Gasteiger partial charge >= 0.3 is 0 Å². The molecule has 1 aliphatic heterocycles. The standard InChI is InChI=1S/C17H24N2O2/c1-13(12-14-8-6-5-7-9-14)15(20)19-11-10-18(4)16(21)17(19,2)3/h5-9,13H,10-12H2,1-4H3/t13-/m0/s1. The quantitative estimate of drug-likeness (QED) is 0.853. The van der Waals surface area contributed by atoms with Crippen LogP contribution in [0.5, 0.6) is 0 Å². The van der Waals surface area contributed by atoms with Gasteiger partial charge in [0.15, 0.2) is 0 Å². The molecule has 0 spiro atoms. The van der Waals surface area contributed by atoms with E-state index in [0.29, 0.717) is 19.5 Å². The molecule has 4 heteroatoms. The van der Waals surface area contributed by atoms with Gasteiger partial charge in [0, 0.05) is 26.1 Å². The van der Waals surface area contributed by atoms with E-state index in [0.717, 1.165) is 5.56 Å². The molecule has 0 aliphatic carbocycles. The van der Waals surface area contributed by atoms with Crippen LogP contribution in [0.3, 0.4) is 0 Å². The molecule has 0 radical (unpaired) electrons. The second kappa shape index (κ2) is 5.88. The Bertz CT molecular complexity index is 525. The molecule has 0 saturated carbocycles. The first-order valence-electron chi connectivity index (χ1n) is 7.45. The summed E-state index contributed by atoms with van der Waals surface area (Å²) in [4.78, 5) is 28.4. The summed E-state index contributed by atoms with van der Waals surface area (Å²) in [6.07, 6.45) is 0.705. The Morgan fingerprint density at radius 3 is 2.48 bits per heavy atom. The molecule has 2 amide bonds. The lowest BCUT2D eigenvalue weighted by molar-refractivity contribution is -0.159. The zero-order chi connectivity index (χ0) is 15.6. The van der Waals surface area contributed by atoms with E-state index in [1.165, 1.54) is 0 Å². The van der Waals surface area contributed by atoms with Gasteiger partial charge in [-0.05, 0) is 25.8 Å². The minimum Gasteiger partial charge on any atom is -0.342 e. The molecule has 114 valence electrons. The van der Waals surface area contributed by atoms with E-state index in [1.807, 2.05) is 51.1 Å². The highest BCUT2D eigenvalue weighted by molar-refractivity contribution is 5.92. The van der Waals surface area contributed by atoms with E-state index < -0.39 is 5.54 Å². The van der Waals surface area contributed by atoms with E-state index in [4.69, 9.17) is 0 Å². The van der Waals surface area contributed by atoms with E-state index in [9.17, 15) is 9.59 Å². The number of benzene rings is 1. The van der Waals surface area contributed by atoms with Crippen LogP contribution in [0.25, 0.3) is 0 Å². The minimum atomic E-state index is -0.755. The summed E-state index contributed by atoms with van der Waals surface area (Å²) in [5.41, 5.74) is 0.395. The van der Waals surface area contributed by atoms with Crippen LogP contribution >= 0.6 is 0 Å². The van der Waals surface area contributed by atoms with Crippen LogP contribution in [0.2, 0.25) is 0 Å². The Kier molecular flexibility index (Phi) is 4.35. The summed E-state index contributed by atoms with van der Waals surface area (Å²) in [5.74, 6) is -0.0535. The molecule has 1 fully saturated rings. The molecule has 1 saturated heterocycles. The average Bonchev–Trinajstić information content (AvgIpc) is 2.45. The van der Waals surface area contributed by atoms with E-state index in [-0.39, 0.29) is 17.7 Å². The van der Waals surface area contributed by atoms with Crippen LogP contribution in [0.4, 0.5) is 0 Å². The Balaban J connectivity index is 2.10. The normalized spacial score (nSPS) is 19.5. The second-order valence-corrected chi connectivity index (χ2v) is 6.37. The fourth-order valence-corrected chi connectivity index (χ4v) is 2.92. The Morgan fingerprint density at radius 1 is 1.24 bits per heavy atom. The third kappa shape index (κ3) is 3.09. The molecule has 21 heavy (non-hydrogen) atoms. The summed E-state index contributed by atoms with van der Waals surface area (Å²) in [5, 5.41) is 0. The van der Waals surface area contributed by atoms with Gasteiger partial charge in [-0.25, -0.2) is 0 Å². The second-order valence-electron chi connectivity index (χ2n) is 6.37. The summed E-state index contributed by atoms with van der Waals surface area (Å²) in [6, 6.07) is 10.00. The van der Waals surface area contributed by atoms with Crippen LogP contribution in [0, 0.1) is 5.92 Å². The molecule has 0 bridgehead atoms. The minimum absolute atomic E-state index is 0.00834. The molecular weight excluding hydrogens is 264 g/mol. The number of hydrogen-bond donors (Lipinski definition) is 0. The number of rotatable bonds is 3. The van der Waals surface area contributed by atoms with E-state index in [1.54, 1.807) is 16.8 Å². The van der Waals surface area contributed by atoms with Crippen molar-refractivity contribution in [3.63, 3.8) is 0 Å². The van der Waals surface area contributed by atoms with Crippen molar-refractivity contribution in [1.82, 2.24) is 9.80 Å². The van der Waals surface area contributed by atoms with Gasteiger partial charge in [0.05, 0.1) is 0 Å². The highest BCUT2D eigenvalue weighted by atomic mass is 16.2. The largest absolute Gasteiger partial charge is 0.342 e. The van der Waals surface area contributed by atoms with E-state index in [2.05, 4.69) is 0 Å². The SMILES string of the molecule is C[C@@H](Cc1ccccc1)C(=O)N1CCN(C)C(=O)C1(C)C. The van der Waals surface area contributed by atoms with Gasteiger partial charge in [0.1, 0.15) is 5.54 Å². The first kappa shape index (κ1) is 15.5. The number of hydrogen-bond acceptors (Lipinski definition) is 2. The maximum Gasteiger partial charge on any atom is 0.247 e. The fraction of sp³-hybridized carbons (Fsp3) is 0.529. The number of amides is 2. The molecule has 1 heterocycles. The monoisotopic (exact) mass is 288 g/mol. The first-order valence-corrected chi connectivity index (χ1v) is 7.45. The Hall–Kier alpha value is -1.84. The number of nitrogens with zero attached hydrogens (tertiary/aromatic N) is 2. The van der Waals surface area contributed by atoms with Crippen molar-refractivity contribution in [2.45, 2.75) is 32.7 Å². The van der Waals surface area contributed by atoms with Crippen molar-refractivity contribution >= 4 is 11.8 Å². The highest BCUT2D eigenvalue weighted by Gasteiger charge is 2.43. The zero-order valence-electron chi connectivity index (χ0n) is 13.3. The molecule has 0 unspecified atom stereocenters. The van der Waals surface area contributed by atoms with Gasteiger partial charge in [-0.3, -0.25) is 9.59 Å². The molecule has 4 nitrogen and oxygen atoms in total. The number of piperazine rings is 1. The predicted octanol–water partition coefficient (Wildman–Crippen LogP) is 1.94. The maximum atomic E-state index is 12.7. The first-order chi connectivity index (χ1) is 9.84. The summed E-state index contributed by atoms with van der Waals surface area (Å²) >= 11 is 0. The van der Waals surface area contributed by atoms with Crippen molar-refractivity contribution in [3.8, 4) is 0 Å². The van der Waals surface area contributed by atoms with Gasteiger partial charge in [0.25, 0.3) is 0 Å². The number of carbonyl (C=O) groups is 2. The van der Waals surface area contributed by atoms with E-state index >= 15 is 0 Å². The van der Waals surface area contributed by atoms with Crippen LogP contribution in [-0.4, -0.2) is 47.3 Å². The molecule has 1 aromatic carbocycles. The summed E-state index contributed by atoms with van der Waals surface area (Å²) in [7, 11) is 1.79. The molecular formula is C17H24N2O2. The van der Waals surface area contributed by atoms with Gasteiger partial charge < -0.3 is 9.80 Å². The van der Waals surface area contributed by atoms with Crippen molar-refractivity contribution in [1.29, 1.82) is 0 Å². The summed E-state index contributed by atoms with van der Waals surface area (Å²) in [6.45, 7) is 6.81. The summed E-state index contributed by atoms with van der Waals surface area (Å²) < 4.78 is 0. The highest BCUT2D eigenvalue weighted by Crippen LogP contribution is 2.24. The van der Waals surface area contributed by atoms with Crippen LogP contribution in [0.1, 0.15) is 26.3 Å². The van der Waals surface area contributed by atoms with Gasteiger partial charge in [0.2, 0.25) is 11.8 Å². The Morgan fingerprint density at radius 2 is 1.86 bits per heavy atom. The molecule has 1 atom stereocenters. The zero-order valence-corrected chi connectivity index (χ0v) is 13.3. The third-order valence-electron chi connectivity index (χ3n) is 4.28. The average molecular weight is 288 g/mol. The lowest BCUT2D eigenvalue weighted by Gasteiger charge is -2.45. The van der Waals surface area contributed by atoms with Gasteiger partial charge in [-0.1, -0.05) is 37.3 Å². The number of carbonyl (C=O) groups excluding carboxylic acids is 2. The molecule has 0 N–H and O–H groups in total. The van der Waals surface area contributed by atoms with Crippen molar-refractivity contribution < 1.29 is 9.59 Å². The van der Waals surface area contributed by atoms with Gasteiger partial charge in [-0.2, -0.15) is 0 Å². The van der Waals surface area contributed by atoms with Crippen molar-refractivity contribution in [2.75, 3.05) is 20.1 Å². The van der Waals surface area contributed by atoms with Crippen molar-refractivity contribution in [2.24, 2.45) is 5.92 Å². The van der Waals surface area contributed by atoms with Gasteiger partial charge in [-0.15, -0.1) is 0 Å². The lowest BCUT2D eigenvalue weighted by atomic mass is 9.93. The van der Waals surface area contributed by atoms with Crippen molar-refractivity contribution in [3.05, 3.63) is 35.9 Å². The maximum absolute atomic E-state index is 12.7. The molecule has 2 rings (SSSR count). The third-order valence-corrected chi connectivity index (χ3v) is 4.28.